The van der Waals surface area contributed by atoms with Crippen LogP contribution in [0.15, 0.2) is 54.6 Å². The number of carbonyl (C=O) groups excluding carboxylic acids is 6. The van der Waals surface area contributed by atoms with Crippen molar-refractivity contribution in [3.63, 3.8) is 0 Å². The molecule has 0 heterocycles. The lowest BCUT2D eigenvalue weighted by atomic mass is 10.0. The first-order valence-electron chi connectivity index (χ1n) is 19.6. The van der Waals surface area contributed by atoms with Gasteiger partial charge in [0.15, 0.2) is 0 Å². The minimum Gasteiger partial charge on any atom is -0.466 e. The molecule has 316 valence electrons. The van der Waals surface area contributed by atoms with E-state index in [2.05, 4.69) is 22.9 Å². The van der Waals surface area contributed by atoms with Gasteiger partial charge in [-0.2, -0.15) is 0 Å². The highest BCUT2D eigenvalue weighted by Gasteiger charge is 2.32. The summed E-state index contributed by atoms with van der Waals surface area (Å²) in [6, 6.07) is 11.9. The lowest BCUT2D eigenvalue weighted by Gasteiger charge is -2.28. The molecule has 0 aliphatic heterocycles. The molecule has 2 aromatic carbocycles. The van der Waals surface area contributed by atoms with Gasteiger partial charge < -0.3 is 35.1 Å². The van der Waals surface area contributed by atoms with Crippen LogP contribution in [0.25, 0.3) is 0 Å². The van der Waals surface area contributed by atoms with E-state index in [0.717, 1.165) is 37.7 Å². The number of amides is 4. The van der Waals surface area contributed by atoms with Gasteiger partial charge in [0.25, 0.3) is 0 Å². The lowest BCUT2D eigenvalue weighted by Crippen LogP contribution is -2.58. The van der Waals surface area contributed by atoms with Crippen LogP contribution < -0.4 is 20.7 Å². The van der Waals surface area contributed by atoms with Gasteiger partial charge in [0.05, 0.1) is 13.0 Å². The molecule has 15 heteroatoms. The van der Waals surface area contributed by atoms with E-state index in [0.29, 0.717) is 17.9 Å². The van der Waals surface area contributed by atoms with Gasteiger partial charge in [0.2, 0.25) is 17.7 Å². The number of nitrogens with zero attached hydrogens (tertiary/aromatic N) is 1. The Balaban J connectivity index is 2.25. The number of benzene rings is 2. The van der Waals surface area contributed by atoms with Crippen LogP contribution in [0.2, 0.25) is 0 Å². The molecule has 0 aliphatic rings. The van der Waals surface area contributed by atoms with Crippen molar-refractivity contribution in [2.24, 2.45) is 0 Å². The molecule has 0 saturated heterocycles. The summed E-state index contributed by atoms with van der Waals surface area (Å²) in [5.74, 6) is -2.45. The van der Waals surface area contributed by atoms with Gasteiger partial charge in [-0.05, 0) is 56.9 Å². The van der Waals surface area contributed by atoms with Crippen molar-refractivity contribution < 1.29 is 47.2 Å². The monoisotopic (exact) mass is 814 g/mol. The van der Waals surface area contributed by atoms with Gasteiger partial charge in [-0.1, -0.05) is 81.5 Å². The molecule has 0 radical (unpaired) electrons. The molecule has 4 atom stereocenters. The zero-order chi connectivity index (χ0) is 42.4. The molecule has 14 nitrogen and oxygen atoms in total. The maximum Gasteiger partial charge on any atom is 0.408 e. The molecule has 0 aliphatic carbocycles. The minimum atomic E-state index is -1.34. The normalized spacial score (nSPS) is 13.2. The number of rotatable bonds is 24. The predicted octanol–water partition coefficient (Wildman–Crippen LogP) is 4.78. The molecule has 4 amide bonds. The van der Waals surface area contributed by atoms with Crippen molar-refractivity contribution >= 4 is 46.6 Å². The molecular weight excluding hydrogens is 753 g/mol. The summed E-state index contributed by atoms with van der Waals surface area (Å²) in [5, 5.41) is 8.08. The third-order valence-corrected chi connectivity index (χ3v) is 9.46. The summed E-state index contributed by atoms with van der Waals surface area (Å²) < 4.78 is 28.1. The van der Waals surface area contributed by atoms with E-state index in [1.807, 2.05) is 30.3 Å². The molecule has 2 rings (SSSR count). The van der Waals surface area contributed by atoms with Crippen LogP contribution >= 0.6 is 0 Å². The minimum absolute atomic E-state index is 0.0242. The summed E-state index contributed by atoms with van der Waals surface area (Å²) in [6.45, 7) is 8.83. The van der Waals surface area contributed by atoms with E-state index in [4.69, 9.17) is 14.2 Å². The maximum atomic E-state index is 14.0. The van der Waals surface area contributed by atoms with Crippen molar-refractivity contribution in [3.8, 4) is 5.75 Å². The number of ether oxygens (including phenoxy) is 3. The van der Waals surface area contributed by atoms with E-state index in [-0.39, 0.29) is 38.0 Å². The molecule has 0 bridgehead atoms. The zero-order valence-corrected chi connectivity index (χ0v) is 35.4. The fourth-order valence-corrected chi connectivity index (χ4v) is 6.24. The fraction of sp³-hybridized carbons (Fsp3) is 0.571. The Labute approximate surface area is 340 Å². The first kappa shape index (κ1) is 48.4. The first-order chi connectivity index (χ1) is 27.0. The van der Waals surface area contributed by atoms with Crippen LogP contribution in [0.3, 0.4) is 0 Å². The van der Waals surface area contributed by atoms with Crippen LogP contribution in [0.1, 0.15) is 97.1 Å². The molecule has 2 aromatic rings. The number of carbonyl (C=O) groups is 6. The highest BCUT2D eigenvalue weighted by Crippen LogP contribution is 2.15. The van der Waals surface area contributed by atoms with Crippen molar-refractivity contribution in [3.05, 3.63) is 65.7 Å². The van der Waals surface area contributed by atoms with Crippen molar-refractivity contribution in [1.29, 1.82) is 0 Å². The Kier molecular flexibility index (Phi) is 21.6. The number of likely N-dealkylation sites (N-methyl/N-ethyl adjacent to an activating group) is 1. The van der Waals surface area contributed by atoms with Gasteiger partial charge >= 0.3 is 18.0 Å². The van der Waals surface area contributed by atoms with Gasteiger partial charge in [0, 0.05) is 56.2 Å². The third-order valence-electron chi connectivity index (χ3n) is 8.64. The fourth-order valence-electron chi connectivity index (χ4n) is 5.68. The average molecular weight is 815 g/mol. The van der Waals surface area contributed by atoms with Crippen LogP contribution in [0.4, 0.5) is 4.79 Å². The predicted molar refractivity (Wildman–Crippen MR) is 219 cm³/mol. The molecule has 0 spiro atoms. The number of hydrogen-bond donors (Lipinski definition) is 3. The number of esters is 2. The Hall–Kier alpha value is -4.79. The van der Waals surface area contributed by atoms with E-state index >= 15 is 0 Å². The second kappa shape index (κ2) is 25.5. The summed E-state index contributed by atoms with van der Waals surface area (Å²) in [5.41, 5.74) is 0.492. The molecule has 0 saturated carbocycles. The van der Waals surface area contributed by atoms with Gasteiger partial charge in [0.1, 0.15) is 29.5 Å². The zero-order valence-electron chi connectivity index (χ0n) is 34.6. The topological polar surface area (TPSA) is 187 Å². The third kappa shape index (κ3) is 20.8. The Bertz CT molecular complexity index is 1610. The SMILES string of the molecule is CCCCCCCCOC(=O)CCN(C)C(=O)[C@H](Cc1ccccc1)NC(=O)[C@@H](CCS(C)=O)NC(=O)[C@H](Cc1ccc(OC(C)=O)cc1)NC(=O)OC(C)(C)C. The molecule has 57 heavy (non-hydrogen) atoms. The van der Waals surface area contributed by atoms with E-state index in [1.54, 1.807) is 52.1 Å². The molecular formula is C42H62N4O10S. The standard InChI is InChI=1S/C42H62N4O10S/c1-8-9-10-11-12-16-26-54-37(48)23-25-46(6)40(51)36(29-31-17-14-13-15-18-31)44-38(49)34(24-27-57(7)53)43-39(50)35(45-41(52)56-42(3,4)5)28-32-19-21-33(22-20-32)55-30(2)47/h13-15,17-22,34-36H,8-12,16,23-29H2,1-7H3,(H,43,50)(H,44,49)(H,45,52)/t34-,35+,36+,57?/m1/s1. The average Bonchev–Trinajstić information content (AvgIpc) is 3.14. The van der Waals surface area contributed by atoms with Gasteiger partial charge in [-0.3, -0.25) is 28.2 Å². The first-order valence-corrected chi connectivity index (χ1v) is 21.3. The largest absolute Gasteiger partial charge is 0.466 e. The Morgan fingerprint density at radius 1 is 0.772 bits per heavy atom. The van der Waals surface area contributed by atoms with Crippen LogP contribution in [-0.4, -0.2) is 101 Å². The molecule has 0 aromatic heterocycles. The van der Waals surface area contributed by atoms with E-state index < -0.39 is 70.3 Å². The highest BCUT2D eigenvalue weighted by atomic mass is 32.2. The van der Waals surface area contributed by atoms with E-state index in [9.17, 15) is 33.0 Å². The van der Waals surface area contributed by atoms with Crippen molar-refractivity contribution in [1.82, 2.24) is 20.9 Å². The second-order valence-electron chi connectivity index (χ2n) is 15.0. The second-order valence-corrected chi connectivity index (χ2v) is 16.6. The summed E-state index contributed by atoms with van der Waals surface area (Å²) >= 11 is 0. The van der Waals surface area contributed by atoms with Crippen LogP contribution in [0, 0.1) is 0 Å². The Morgan fingerprint density at radius 3 is 1.96 bits per heavy atom. The number of nitrogens with one attached hydrogen (secondary N) is 3. The molecule has 3 N–H and O–H groups in total. The molecule has 1 unspecified atom stereocenters. The maximum absolute atomic E-state index is 14.0. The summed E-state index contributed by atoms with van der Waals surface area (Å²) in [4.78, 5) is 79.9. The number of unbranched alkanes of at least 4 members (excludes halogenated alkanes) is 5. The lowest BCUT2D eigenvalue weighted by molar-refractivity contribution is -0.145. The summed E-state index contributed by atoms with van der Waals surface area (Å²) in [7, 11) is 0.204. The smallest absolute Gasteiger partial charge is 0.408 e. The Morgan fingerprint density at radius 2 is 1.35 bits per heavy atom. The van der Waals surface area contributed by atoms with Crippen LogP contribution in [-0.2, 0) is 57.1 Å². The number of hydrogen-bond acceptors (Lipinski definition) is 10. The quantitative estimate of drug-likeness (QED) is 0.0757. The molecule has 0 fully saturated rings. The van der Waals surface area contributed by atoms with Gasteiger partial charge in [-0.25, -0.2) is 4.79 Å². The van der Waals surface area contributed by atoms with E-state index in [1.165, 1.54) is 24.5 Å². The van der Waals surface area contributed by atoms with Gasteiger partial charge in [-0.15, -0.1) is 0 Å². The number of alkyl carbamates (subject to hydrolysis) is 1. The van der Waals surface area contributed by atoms with Crippen LogP contribution in [0.5, 0.6) is 5.75 Å². The summed E-state index contributed by atoms with van der Waals surface area (Å²) in [6.07, 6.45) is 6.99. The highest BCUT2D eigenvalue weighted by molar-refractivity contribution is 7.84. The van der Waals surface area contributed by atoms with Crippen molar-refractivity contribution in [2.75, 3.05) is 32.2 Å². The van der Waals surface area contributed by atoms with Crippen molar-refractivity contribution in [2.45, 2.75) is 123 Å².